The maximum Gasteiger partial charge on any atom is 0.188 e. The first-order valence-corrected chi connectivity index (χ1v) is 4.70. The van der Waals surface area contributed by atoms with Gasteiger partial charge in [0, 0.05) is 7.11 Å². The summed E-state index contributed by atoms with van der Waals surface area (Å²) >= 11 is 0. The number of fused-ring (bicyclic) bond motifs is 1. The number of aliphatic hydroxyl groups excluding tert-OH is 1. The molecule has 1 unspecified atom stereocenters. The summed E-state index contributed by atoms with van der Waals surface area (Å²) in [6, 6.07) is 2.42. The third-order valence-corrected chi connectivity index (χ3v) is 2.45. The molecule has 1 heterocycles. The number of methoxy groups -OCH3 is 1. The van der Waals surface area contributed by atoms with Gasteiger partial charge in [-0.3, -0.25) is 0 Å². The van der Waals surface area contributed by atoms with E-state index in [1.807, 2.05) is 0 Å². The average molecular weight is 235 g/mol. The lowest BCUT2D eigenvalue weighted by molar-refractivity contribution is 0.135. The second-order valence-corrected chi connectivity index (χ2v) is 3.41. The molecule has 0 bridgehead atoms. The topological polar surface area (TPSA) is 99.3 Å². The molecule has 0 spiro atoms. The molecule has 0 saturated carbocycles. The number of benzene rings is 1. The lowest BCUT2D eigenvalue weighted by atomic mass is 10.1. The van der Waals surface area contributed by atoms with Gasteiger partial charge in [-0.25, -0.2) is 9.79 Å². The van der Waals surface area contributed by atoms with E-state index < -0.39 is 12.0 Å². The van der Waals surface area contributed by atoms with Crippen LogP contribution in [-0.2, 0) is 9.53 Å². The van der Waals surface area contributed by atoms with Crippen molar-refractivity contribution in [3.63, 3.8) is 0 Å². The van der Waals surface area contributed by atoms with E-state index in [9.17, 15) is 20.1 Å². The smallest absolute Gasteiger partial charge is 0.188 e. The van der Waals surface area contributed by atoms with Gasteiger partial charge >= 0.3 is 0 Å². The molecule has 6 nitrogen and oxygen atoms in total. The number of nitrogens with zero attached hydrogens (tertiary/aromatic N) is 1. The Morgan fingerprint density at radius 2 is 1.94 bits per heavy atom. The summed E-state index contributed by atoms with van der Waals surface area (Å²) in [6.45, 7) is 0. The molecule has 1 aromatic carbocycles. The molecule has 0 saturated heterocycles. The Balaban J connectivity index is 2.98. The largest absolute Gasteiger partial charge is 0.507 e. The fourth-order valence-corrected chi connectivity index (χ4v) is 1.64. The Bertz CT molecular complexity index is 643. The van der Waals surface area contributed by atoms with Gasteiger partial charge in [-0.05, 0) is 12.1 Å². The number of carbonyl (C=O) groups excluding carboxylic acids is 1. The molecule has 0 radical (unpaired) electrons. The zero-order valence-electron chi connectivity index (χ0n) is 8.84. The molecule has 2 rings (SSSR count). The maximum absolute atomic E-state index is 10.7. The summed E-state index contributed by atoms with van der Waals surface area (Å²) in [6.07, 6.45) is -1.05. The van der Waals surface area contributed by atoms with Crippen molar-refractivity contribution in [2.75, 3.05) is 7.11 Å². The Morgan fingerprint density at radius 3 is 2.53 bits per heavy atom. The first-order chi connectivity index (χ1) is 8.10. The molecule has 1 aromatic rings. The Kier molecular flexibility index (Phi) is 2.59. The highest BCUT2D eigenvalue weighted by molar-refractivity contribution is 5.76. The van der Waals surface area contributed by atoms with Crippen LogP contribution in [0, 0.1) is 0 Å². The van der Waals surface area contributed by atoms with Gasteiger partial charge in [-0.2, -0.15) is 0 Å². The van der Waals surface area contributed by atoms with Crippen molar-refractivity contribution in [3.8, 4) is 11.5 Å². The van der Waals surface area contributed by atoms with Crippen molar-refractivity contribution in [3.05, 3.63) is 28.3 Å². The summed E-state index contributed by atoms with van der Waals surface area (Å²) < 4.78 is 4.88. The summed E-state index contributed by atoms with van der Waals surface area (Å²) in [5.74, 6) is 0.499. The SMILES string of the molecule is COC1N=c2c(O)ccc(O)c2=C(O)C1=C=O. The van der Waals surface area contributed by atoms with Crippen LogP contribution in [0.15, 0.2) is 22.7 Å². The van der Waals surface area contributed by atoms with Gasteiger partial charge in [0.05, 0.1) is 5.22 Å². The van der Waals surface area contributed by atoms with Crippen molar-refractivity contribution in [1.82, 2.24) is 0 Å². The monoisotopic (exact) mass is 235 g/mol. The van der Waals surface area contributed by atoms with E-state index in [1.165, 1.54) is 25.2 Å². The number of hydrogen-bond acceptors (Lipinski definition) is 6. The average Bonchev–Trinajstić information content (AvgIpc) is 2.33. The normalized spacial score (nSPS) is 18.3. The first-order valence-electron chi connectivity index (χ1n) is 4.70. The lowest BCUT2D eigenvalue weighted by Crippen LogP contribution is -2.37. The number of aromatic hydroxyl groups is 2. The second kappa shape index (κ2) is 3.93. The van der Waals surface area contributed by atoms with Crippen LogP contribution in [-0.4, -0.2) is 34.6 Å². The predicted molar refractivity (Wildman–Crippen MR) is 56.6 cm³/mol. The van der Waals surface area contributed by atoms with E-state index in [2.05, 4.69) is 4.99 Å². The molecule has 17 heavy (non-hydrogen) atoms. The van der Waals surface area contributed by atoms with Crippen molar-refractivity contribution in [1.29, 1.82) is 0 Å². The van der Waals surface area contributed by atoms with Gasteiger partial charge in [-0.1, -0.05) is 0 Å². The van der Waals surface area contributed by atoms with E-state index >= 15 is 0 Å². The van der Waals surface area contributed by atoms with Gasteiger partial charge in [0.2, 0.25) is 0 Å². The summed E-state index contributed by atoms with van der Waals surface area (Å²) in [4.78, 5) is 14.6. The Labute approximate surface area is 95.4 Å². The van der Waals surface area contributed by atoms with Crippen molar-refractivity contribution < 1.29 is 24.9 Å². The highest BCUT2D eigenvalue weighted by Gasteiger charge is 2.25. The molecular weight excluding hydrogens is 226 g/mol. The van der Waals surface area contributed by atoms with Crippen molar-refractivity contribution in [2.45, 2.75) is 6.23 Å². The Hall–Kier alpha value is -2.30. The van der Waals surface area contributed by atoms with E-state index in [0.717, 1.165) is 0 Å². The predicted octanol–water partition coefficient (Wildman–Crippen LogP) is -0.872. The minimum absolute atomic E-state index is 0.0200. The molecule has 6 heteroatoms. The summed E-state index contributed by atoms with van der Waals surface area (Å²) in [5, 5.41) is 28.9. The van der Waals surface area contributed by atoms with Crippen LogP contribution < -0.4 is 10.6 Å². The molecule has 88 valence electrons. The second-order valence-electron chi connectivity index (χ2n) is 3.41. The van der Waals surface area contributed by atoms with Gasteiger partial charge in [0.25, 0.3) is 0 Å². The van der Waals surface area contributed by atoms with E-state index in [-0.39, 0.29) is 27.6 Å². The van der Waals surface area contributed by atoms with E-state index in [1.54, 1.807) is 0 Å². The van der Waals surface area contributed by atoms with E-state index in [0.29, 0.717) is 0 Å². The maximum atomic E-state index is 10.7. The van der Waals surface area contributed by atoms with Crippen LogP contribution >= 0.6 is 0 Å². The number of phenols is 2. The first kappa shape index (κ1) is 11.2. The van der Waals surface area contributed by atoms with Crippen molar-refractivity contribution in [2.24, 2.45) is 4.99 Å². The third-order valence-electron chi connectivity index (χ3n) is 2.45. The summed E-state index contributed by atoms with van der Waals surface area (Å²) in [7, 11) is 1.30. The van der Waals surface area contributed by atoms with Crippen LogP contribution in [0.4, 0.5) is 0 Å². The molecule has 0 amide bonds. The molecule has 1 aliphatic heterocycles. The number of rotatable bonds is 1. The fourth-order valence-electron chi connectivity index (χ4n) is 1.64. The number of phenolic OH excluding ortho intramolecular Hbond substituents is 2. The number of aliphatic hydroxyl groups is 1. The van der Waals surface area contributed by atoms with Crippen LogP contribution in [0.3, 0.4) is 0 Å². The van der Waals surface area contributed by atoms with Crippen LogP contribution in [0.1, 0.15) is 0 Å². The lowest BCUT2D eigenvalue weighted by Gasteiger charge is -2.16. The molecule has 0 fully saturated rings. The van der Waals surface area contributed by atoms with E-state index in [4.69, 9.17) is 4.74 Å². The van der Waals surface area contributed by atoms with Gasteiger partial charge in [0.15, 0.2) is 6.23 Å². The molecule has 0 aliphatic carbocycles. The van der Waals surface area contributed by atoms with Gasteiger partial charge in [-0.15, -0.1) is 0 Å². The number of hydrogen-bond donors (Lipinski definition) is 3. The highest BCUT2D eigenvalue weighted by Crippen LogP contribution is 2.17. The van der Waals surface area contributed by atoms with Crippen molar-refractivity contribution >= 4 is 11.7 Å². The van der Waals surface area contributed by atoms with Crippen LogP contribution in [0.25, 0.3) is 5.76 Å². The number of ether oxygens (including phenoxy) is 1. The van der Waals surface area contributed by atoms with Gasteiger partial charge < -0.3 is 20.1 Å². The zero-order valence-corrected chi connectivity index (χ0v) is 8.84. The Morgan fingerprint density at radius 1 is 1.29 bits per heavy atom. The zero-order chi connectivity index (χ0) is 12.6. The minimum atomic E-state index is -1.05. The summed E-state index contributed by atoms with van der Waals surface area (Å²) in [5.41, 5.74) is -0.221. The third kappa shape index (κ3) is 1.56. The van der Waals surface area contributed by atoms with Crippen LogP contribution in [0.5, 0.6) is 11.5 Å². The molecular formula is C11H9NO5. The molecule has 1 aliphatic rings. The quantitative estimate of drug-likeness (QED) is 0.434. The fraction of sp³-hybridized carbons (Fsp3) is 0.182. The standard InChI is InChI=1S/C11H9NO5/c1-17-11-5(4-13)10(16)8-6(14)2-3-7(15)9(8)12-11/h2-3,11,14-16H,1H3. The van der Waals surface area contributed by atoms with Gasteiger partial charge in [0.1, 0.15) is 34.1 Å². The molecule has 3 N–H and O–H groups in total. The molecule has 1 atom stereocenters. The van der Waals surface area contributed by atoms with Crippen LogP contribution in [0.2, 0.25) is 0 Å². The molecule has 0 aromatic heterocycles. The minimum Gasteiger partial charge on any atom is -0.507 e. The highest BCUT2D eigenvalue weighted by atomic mass is 16.5.